The Morgan fingerprint density at radius 1 is 1.12 bits per heavy atom. The fourth-order valence-corrected chi connectivity index (χ4v) is 3.98. The van der Waals surface area contributed by atoms with Gasteiger partial charge in [0.15, 0.2) is 11.6 Å². The van der Waals surface area contributed by atoms with Gasteiger partial charge in [0.05, 0.1) is 6.20 Å². The maximum absolute atomic E-state index is 13.4. The minimum Gasteiger partial charge on any atom is -0.355 e. The molecule has 0 unspecified atom stereocenters. The number of hydrogen-bond donors (Lipinski definition) is 0. The molecule has 0 atom stereocenters. The van der Waals surface area contributed by atoms with Gasteiger partial charge in [-0.05, 0) is 30.5 Å². The van der Waals surface area contributed by atoms with Gasteiger partial charge in [0.2, 0.25) is 5.91 Å². The summed E-state index contributed by atoms with van der Waals surface area (Å²) in [6.45, 7) is 2.67. The maximum Gasteiger partial charge on any atom is 0.223 e. The number of rotatable bonds is 3. The van der Waals surface area contributed by atoms with Crippen molar-refractivity contribution in [2.24, 2.45) is 5.41 Å². The number of aromatic nitrogens is 2. The van der Waals surface area contributed by atoms with Crippen LogP contribution in [0.25, 0.3) is 0 Å². The Labute approximate surface area is 150 Å². The minimum atomic E-state index is -0.874. The van der Waals surface area contributed by atoms with Gasteiger partial charge in [-0.25, -0.2) is 13.8 Å². The number of amides is 1. The summed E-state index contributed by atoms with van der Waals surface area (Å²) in [4.78, 5) is 24.9. The molecule has 1 spiro atoms. The standard InChI is InChI=1S/C19H20F2N4O/c20-15-2-1-14(9-16(15)21)12-25-13-19(10-18(25)26)3-7-24(8-4-19)17-11-22-5-6-23-17/h1-2,5-6,9,11H,3-4,7-8,10,12-13H2. The fourth-order valence-electron chi connectivity index (χ4n) is 3.98. The van der Waals surface area contributed by atoms with Crippen molar-refractivity contribution in [3.05, 3.63) is 54.0 Å². The number of likely N-dealkylation sites (tertiary alicyclic amines) is 1. The normalized spacial score (nSPS) is 19.4. The summed E-state index contributed by atoms with van der Waals surface area (Å²) < 4.78 is 26.5. The van der Waals surface area contributed by atoms with E-state index in [1.165, 1.54) is 12.1 Å². The number of hydrogen-bond acceptors (Lipinski definition) is 4. The monoisotopic (exact) mass is 358 g/mol. The predicted molar refractivity (Wildman–Crippen MR) is 92.3 cm³/mol. The van der Waals surface area contributed by atoms with E-state index in [0.717, 1.165) is 37.8 Å². The molecule has 0 saturated carbocycles. The van der Waals surface area contributed by atoms with Crippen LogP contribution in [0.5, 0.6) is 0 Å². The summed E-state index contributed by atoms with van der Waals surface area (Å²) in [6, 6.07) is 3.82. The molecular weight excluding hydrogens is 338 g/mol. The zero-order chi connectivity index (χ0) is 18.1. The first kappa shape index (κ1) is 16.9. The van der Waals surface area contributed by atoms with E-state index >= 15 is 0 Å². The number of carbonyl (C=O) groups excluding carboxylic acids is 1. The van der Waals surface area contributed by atoms with Crippen LogP contribution in [0.2, 0.25) is 0 Å². The molecular formula is C19H20F2N4O. The fraction of sp³-hybridized carbons (Fsp3) is 0.421. The molecule has 2 aromatic rings. The Kier molecular flexibility index (Phi) is 4.30. The third-order valence-electron chi connectivity index (χ3n) is 5.46. The third-order valence-corrected chi connectivity index (χ3v) is 5.46. The molecule has 136 valence electrons. The molecule has 1 aromatic heterocycles. The predicted octanol–water partition coefficient (Wildman–Crippen LogP) is 2.77. The van der Waals surface area contributed by atoms with E-state index in [0.29, 0.717) is 25.1 Å². The second-order valence-corrected chi connectivity index (χ2v) is 7.23. The lowest BCUT2D eigenvalue weighted by molar-refractivity contribution is -0.128. The lowest BCUT2D eigenvalue weighted by atomic mass is 9.77. The Morgan fingerprint density at radius 3 is 2.62 bits per heavy atom. The summed E-state index contributed by atoms with van der Waals surface area (Å²) in [5.74, 6) is -0.788. The molecule has 4 rings (SSSR count). The average molecular weight is 358 g/mol. The van der Waals surface area contributed by atoms with Crippen molar-refractivity contribution in [2.45, 2.75) is 25.8 Å². The van der Waals surface area contributed by atoms with Crippen molar-refractivity contribution in [2.75, 3.05) is 24.5 Å². The van der Waals surface area contributed by atoms with Crippen molar-refractivity contribution < 1.29 is 13.6 Å². The highest BCUT2D eigenvalue weighted by Gasteiger charge is 2.44. The average Bonchev–Trinajstić information content (AvgIpc) is 2.94. The van der Waals surface area contributed by atoms with Gasteiger partial charge >= 0.3 is 0 Å². The third kappa shape index (κ3) is 3.25. The van der Waals surface area contributed by atoms with E-state index < -0.39 is 11.6 Å². The summed E-state index contributed by atoms with van der Waals surface area (Å²) in [5.41, 5.74) is 0.584. The molecule has 7 heteroatoms. The Hall–Kier alpha value is -2.57. The topological polar surface area (TPSA) is 49.3 Å². The lowest BCUT2D eigenvalue weighted by Crippen LogP contribution is -2.42. The highest BCUT2D eigenvalue weighted by Crippen LogP contribution is 2.42. The molecule has 1 amide bonds. The molecule has 0 bridgehead atoms. The van der Waals surface area contributed by atoms with Gasteiger partial charge in [-0.1, -0.05) is 6.07 Å². The van der Waals surface area contributed by atoms with Crippen LogP contribution in [0.15, 0.2) is 36.8 Å². The molecule has 1 aromatic carbocycles. The SMILES string of the molecule is O=C1CC2(CCN(c3cnccn3)CC2)CN1Cc1ccc(F)c(F)c1. The summed E-state index contributed by atoms with van der Waals surface area (Å²) in [6.07, 6.45) is 7.43. The maximum atomic E-state index is 13.4. The molecule has 2 saturated heterocycles. The number of benzene rings is 1. The van der Waals surface area contributed by atoms with Gasteiger partial charge in [0, 0.05) is 50.4 Å². The van der Waals surface area contributed by atoms with Crippen LogP contribution in [0, 0.1) is 17.0 Å². The zero-order valence-electron chi connectivity index (χ0n) is 14.4. The number of carbonyl (C=O) groups is 1. The quantitative estimate of drug-likeness (QED) is 0.847. The van der Waals surface area contributed by atoms with Gasteiger partial charge in [0.25, 0.3) is 0 Å². The van der Waals surface area contributed by atoms with E-state index in [-0.39, 0.29) is 11.3 Å². The van der Waals surface area contributed by atoms with Crippen LogP contribution in [0.1, 0.15) is 24.8 Å². The number of nitrogens with zero attached hydrogens (tertiary/aromatic N) is 4. The highest BCUT2D eigenvalue weighted by molar-refractivity contribution is 5.79. The van der Waals surface area contributed by atoms with Gasteiger partial charge < -0.3 is 9.80 Å². The van der Waals surface area contributed by atoms with Crippen molar-refractivity contribution >= 4 is 11.7 Å². The first-order valence-corrected chi connectivity index (χ1v) is 8.77. The Bertz CT molecular complexity index is 806. The van der Waals surface area contributed by atoms with Crippen LogP contribution in [0.3, 0.4) is 0 Å². The van der Waals surface area contributed by atoms with Crippen LogP contribution >= 0.6 is 0 Å². The molecule has 2 aliphatic heterocycles. The second-order valence-electron chi connectivity index (χ2n) is 7.23. The van der Waals surface area contributed by atoms with Gasteiger partial charge in [-0.3, -0.25) is 9.78 Å². The van der Waals surface area contributed by atoms with Crippen LogP contribution < -0.4 is 4.90 Å². The second kappa shape index (κ2) is 6.63. The van der Waals surface area contributed by atoms with E-state index in [4.69, 9.17) is 0 Å². The van der Waals surface area contributed by atoms with Crippen LogP contribution in [-0.2, 0) is 11.3 Å². The minimum absolute atomic E-state index is 0.0334. The first-order chi connectivity index (χ1) is 12.5. The van der Waals surface area contributed by atoms with Gasteiger partial charge in [0.1, 0.15) is 5.82 Å². The lowest BCUT2D eigenvalue weighted by Gasteiger charge is -2.39. The van der Waals surface area contributed by atoms with Crippen molar-refractivity contribution in [1.29, 1.82) is 0 Å². The molecule has 3 heterocycles. The van der Waals surface area contributed by atoms with Crippen molar-refractivity contribution in [3.8, 4) is 0 Å². The first-order valence-electron chi connectivity index (χ1n) is 8.77. The number of halogens is 2. The van der Waals surface area contributed by atoms with E-state index in [1.54, 1.807) is 23.5 Å². The van der Waals surface area contributed by atoms with Gasteiger partial charge in [-0.15, -0.1) is 0 Å². The molecule has 2 fully saturated rings. The summed E-state index contributed by atoms with van der Waals surface area (Å²) >= 11 is 0. The molecule has 0 aliphatic carbocycles. The smallest absolute Gasteiger partial charge is 0.223 e. The zero-order valence-corrected chi connectivity index (χ0v) is 14.4. The number of anilines is 1. The van der Waals surface area contributed by atoms with Crippen molar-refractivity contribution in [3.63, 3.8) is 0 Å². The van der Waals surface area contributed by atoms with Crippen molar-refractivity contribution in [1.82, 2.24) is 14.9 Å². The molecule has 5 nitrogen and oxygen atoms in total. The molecule has 2 aliphatic rings. The Morgan fingerprint density at radius 2 is 1.92 bits per heavy atom. The van der Waals surface area contributed by atoms with Crippen LogP contribution in [-0.4, -0.2) is 40.4 Å². The Balaban J connectivity index is 1.41. The summed E-state index contributed by atoms with van der Waals surface area (Å²) in [7, 11) is 0. The van der Waals surface area contributed by atoms with E-state index in [9.17, 15) is 13.6 Å². The summed E-state index contributed by atoms with van der Waals surface area (Å²) in [5, 5.41) is 0. The largest absolute Gasteiger partial charge is 0.355 e. The van der Waals surface area contributed by atoms with Crippen LogP contribution in [0.4, 0.5) is 14.6 Å². The highest BCUT2D eigenvalue weighted by atomic mass is 19.2. The van der Waals surface area contributed by atoms with E-state index in [2.05, 4.69) is 14.9 Å². The van der Waals surface area contributed by atoms with Gasteiger partial charge in [-0.2, -0.15) is 0 Å². The number of piperidine rings is 1. The van der Waals surface area contributed by atoms with E-state index in [1.807, 2.05) is 0 Å². The molecule has 0 N–H and O–H groups in total. The molecule has 26 heavy (non-hydrogen) atoms. The molecule has 0 radical (unpaired) electrons.